The molecule has 4 unspecified atom stereocenters. The summed E-state index contributed by atoms with van der Waals surface area (Å²) in [6, 6.07) is 9.06. The molecule has 3 rings (SSSR count). The number of carbonyl (C=O) groups is 2. The van der Waals surface area contributed by atoms with Crippen molar-refractivity contribution in [1.82, 2.24) is 5.32 Å². The van der Waals surface area contributed by atoms with E-state index in [1.165, 1.54) is 18.2 Å². The van der Waals surface area contributed by atoms with Crippen LogP contribution in [0.2, 0.25) is 10.0 Å². The van der Waals surface area contributed by atoms with Gasteiger partial charge in [0.2, 0.25) is 0 Å². The van der Waals surface area contributed by atoms with E-state index in [2.05, 4.69) is 11.4 Å². The molecule has 2 aromatic carbocycles. The number of benzene rings is 2. The summed E-state index contributed by atoms with van der Waals surface area (Å²) in [6.07, 6.45) is -4.70. The lowest BCUT2D eigenvalue weighted by Crippen LogP contribution is -2.44. The molecule has 8 nitrogen and oxygen atoms in total. The van der Waals surface area contributed by atoms with Crippen LogP contribution in [0.15, 0.2) is 36.4 Å². The lowest BCUT2D eigenvalue weighted by atomic mass is 9.62. The number of aliphatic hydroxyl groups excluding tert-OH is 1. The van der Waals surface area contributed by atoms with Crippen molar-refractivity contribution < 1.29 is 47.2 Å². The fourth-order valence-corrected chi connectivity index (χ4v) is 5.17. The zero-order chi connectivity index (χ0) is 31.3. The second kappa shape index (κ2) is 13.2. The number of ether oxygens (including phenoxy) is 1. The van der Waals surface area contributed by atoms with Gasteiger partial charge in [-0.1, -0.05) is 50.0 Å². The maximum atomic E-state index is 15.4. The van der Waals surface area contributed by atoms with Crippen molar-refractivity contribution in [1.29, 1.82) is 5.26 Å². The van der Waals surface area contributed by atoms with Gasteiger partial charge in [0.1, 0.15) is 29.6 Å². The third-order valence-electron chi connectivity index (χ3n) is 6.30. The Hall–Kier alpha value is -3.11. The van der Waals surface area contributed by atoms with Crippen molar-refractivity contribution in [3.8, 4) is 11.8 Å². The minimum absolute atomic E-state index is 0.0444. The lowest BCUT2D eigenvalue weighted by Gasteiger charge is -2.37. The van der Waals surface area contributed by atoms with Crippen LogP contribution in [0.4, 0.5) is 17.6 Å². The molecule has 0 saturated carbocycles. The molecule has 0 spiro atoms. The zero-order valence-corrected chi connectivity index (χ0v) is 23.6. The Labute approximate surface area is 243 Å². The maximum absolute atomic E-state index is 15.4. The molecule has 0 aromatic heterocycles. The number of rotatable bonds is 7. The number of hydrogen-bond donors (Lipinski definition) is 4. The smallest absolute Gasteiger partial charge is 0.490 e. The number of alkyl halides is 3. The van der Waals surface area contributed by atoms with E-state index < -0.39 is 47.3 Å². The number of halogens is 6. The van der Waals surface area contributed by atoms with Crippen molar-refractivity contribution in [3.63, 3.8) is 0 Å². The fourth-order valence-electron chi connectivity index (χ4n) is 4.83. The van der Waals surface area contributed by atoms with Gasteiger partial charge in [-0.15, -0.1) is 0 Å². The van der Waals surface area contributed by atoms with E-state index in [1.54, 1.807) is 12.1 Å². The summed E-state index contributed by atoms with van der Waals surface area (Å²) in [7, 11) is 0. The minimum atomic E-state index is -5.08. The van der Waals surface area contributed by atoms with Gasteiger partial charge in [-0.05, 0) is 42.2 Å². The average molecular weight is 623 g/mol. The first-order valence-corrected chi connectivity index (χ1v) is 12.8. The standard InChI is InChI=1S/C25H27Cl2FN2O4.C2HF3O2/c1-24(2,3)12-20-25(13-29,17-6-4-15(27)11-18(17)28)21(22(30-20)23(32)33)16-10-14(26)5-7-19(16)34-9-8-31;3-2(4,5)1(6)7/h4-7,10-11,20-22,30-31H,8-9,12H2,1-3H3,(H,32,33);(H,6,7). The summed E-state index contributed by atoms with van der Waals surface area (Å²) in [6.45, 7) is 5.58. The Bertz CT molecular complexity index is 1310. The predicted octanol–water partition coefficient (Wildman–Crippen LogP) is 5.54. The molecule has 0 aliphatic carbocycles. The van der Waals surface area contributed by atoms with Crippen LogP contribution in [-0.4, -0.2) is 58.7 Å². The van der Waals surface area contributed by atoms with Crippen molar-refractivity contribution >= 4 is 35.1 Å². The van der Waals surface area contributed by atoms with Gasteiger partial charge in [0.25, 0.3) is 0 Å². The third-order valence-corrected chi connectivity index (χ3v) is 6.77. The molecule has 4 atom stereocenters. The molecule has 4 N–H and O–H groups in total. The first kappa shape index (κ1) is 34.1. The molecule has 41 heavy (non-hydrogen) atoms. The Morgan fingerprint density at radius 1 is 1.10 bits per heavy atom. The second-order valence-corrected chi connectivity index (χ2v) is 11.3. The second-order valence-electron chi connectivity index (χ2n) is 10.4. The van der Waals surface area contributed by atoms with Gasteiger partial charge in [0.15, 0.2) is 0 Å². The first-order valence-electron chi connectivity index (χ1n) is 12.1. The topological polar surface area (TPSA) is 140 Å². The molecule has 14 heteroatoms. The Morgan fingerprint density at radius 3 is 2.12 bits per heavy atom. The van der Waals surface area contributed by atoms with Crippen LogP contribution in [-0.2, 0) is 15.0 Å². The molecule has 1 saturated heterocycles. The van der Waals surface area contributed by atoms with Gasteiger partial charge in [-0.25, -0.2) is 9.18 Å². The van der Waals surface area contributed by atoms with E-state index in [1.807, 2.05) is 20.8 Å². The summed E-state index contributed by atoms with van der Waals surface area (Å²) < 4.78 is 52.9. The van der Waals surface area contributed by atoms with E-state index in [-0.39, 0.29) is 35.0 Å². The van der Waals surface area contributed by atoms with E-state index in [0.29, 0.717) is 17.0 Å². The minimum Gasteiger partial charge on any atom is -0.491 e. The molecule has 0 radical (unpaired) electrons. The van der Waals surface area contributed by atoms with Crippen LogP contribution in [0.5, 0.6) is 5.75 Å². The average Bonchev–Trinajstić information content (AvgIpc) is 3.16. The predicted molar refractivity (Wildman–Crippen MR) is 142 cm³/mol. The van der Waals surface area contributed by atoms with Crippen LogP contribution in [0.1, 0.15) is 44.2 Å². The van der Waals surface area contributed by atoms with Gasteiger partial charge < -0.3 is 20.1 Å². The maximum Gasteiger partial charge on any atom is 0.490 e. The number of aliphatic carboxylic acids is 2. The van der Waals surface area contributed by atoms with Gasteiger partial charge in [0.05, 0.1) is 12.7 Å². The molecular formula is C27H28Cl2F4N2O6. The Balaban J connectivity index is 0.000000745. The SMILES string of the molecule is CC(C)(C)CC1NC(C(=O)O)C(c2cc(Cl)ccc2OCCO)C1(C#N)c1ccc(Cl)cc1F.O=C(O)C(F)(F)F. The molecule has 0 amide bonds. The van der Waals surface area contributed by atoms with Gasteiger partial charge in [0, 0.05) is 33.1 Å². The zero-order valence-electron chi connectivity index (χ0n) is 22.1. The van der Waals surface area contributed by atoms with E-state index >= 15 is 4.39 Å². The highest BCUT2D eigenvalue weighted by Gasteiger charge is 2.61. The molecular weight excluding hydrogens is 595 g/mol. The molecule has 1 aliphatic rings. The van der Waals surface area contributed by atoms with E-state index in [0.717, 1.165) is 6.07 Å². The first-order chi connectivity index (χ1) is 18.9. The number of carboxylic acids is 2. The molecule has 0 bridgehead atoms. The van der Waals surface area contributed by atoms with Crippen LogP contribution < -0.4 is 10.1 Å². The Morgan fingerprint density at radius 2 is 1.66 bits per heavy atom. The molecule has 224 valence electrons. The quantitative estimate of drug-likeness (QED) is 0.295. The van der Waals surface area contributed by atoms with Crippen molar-refractivity contribution in [3.05, 3.63) is 63.4 Å². The highest BCUT2D eigenvalue weighted by Crippen LogP contribution is 2.53. The number of aliphatic hydroxyl groups is 1. The Kier molecular flexibility index (Phi) is 11.0. The van der Waals surface area contributed by atoms with Crippen LogP contribution >= 0.6 is 23.2 Å². The molecule has 2 aromatic rings. The number of nitriles is 1. The highest BCUT2D eigenvalue weighted by atomic mass is 35.5. The lowest BCUT2D eigenvalue weighted by molar-refractivity contribution is -0.192. The number of carboxylic acid groups (broad SMARTS) is 2. The monoisotopic (exact) mass is 622 g/mol. The summed E-state index contributed by atoms with van der Waals surface area (Å²) in [5.74, 6) is -5.45. The van der Waals surface area contributed by atoms with Crippen LogP contribution in [0.25, 0.3) is 0 Å². The summed E-state index contributed by atoms with van der Waals surface area (Å²) in [4.78, 5) is 21.4. The van der Waals surface area contributed by atoms with Gasteiger partial charge in [-0.3, -0.25) is 10.1 Å². The van der Waals surface area contributed by atoms with Gasteiger partial charge >= 0.3 is 18.1 Å². The van der Waals surface area contributed by atoms with Crippen molar-refractivity contribution in [2.75, 3.05) is 13.2 Å². The summed E-state index contributed by atoms with van der Waals surface area (Å²) >= 11 is 12.3. The summed E-state index contributed by atoms with van der Waals surface area (Å²) in [5, 5.41) is 40.9. The van der Waals surface area contributed by atoms with E-state index in [4.69, 9.17) is 37.8 Å². The normalized spacial score (nSPS) is 22.3. The van der Waals surface area contributed by atoms with Crippen molar-refractivity contribution in [2.24, 2.45) is 5.41 Å². The van der Waals surface area contributed by atoms with Crippen LogP contribution in [0, 0.1) is 22.6 Å². The highest BCUT2D eigenvalue weighted by molar-refractivity contribution is 6.31. The largest absolute Gasteiger partial charge is 0.491 e. The summed E-state index contributed by atoms with van der Waals surface area (Å²) in [5.41, 5.74) is -1.56. The number of nitrogens with zero attached hydrogens (tertiary/aromatic N) is 1. The van der Waals surface area contributed by atoms with Crippen LogP contribution in [0.3, 0.4) is 0 Å². The van der Waals surface area contributed by atoms with Gasteiger partial charge in [-0.2, -0.15) is 18.4 Å². The fraction of sp³-hybridized carbons (Fsp3) is 0.444. The van der Waals surface area contributed by atoms with E-state index in [9.17, 15) is 33.4 Å². The number of nitrogens with one attached hydrogen (secondary N) is 1. The van der Waals surface area contributed by atoms with Crippen molar-refractivity contribution in [2.45, 2.75) is 56.8 Å². The third kappa shape index (κ3) is 8.01. The molecule has 1 aliphatic heterocycles. The number of hydrogen-bond acceptors (Lipinski definition) is 6. The molecule has 1 fully saturated rings. The molecule has 1 heterocycles.